The standard InChI is InChI=1S/C23H30N6O2/c1-15(2)29-14-18(11-21(29)30)23(31)28-9-6-16(7-10-28)19-12-20(24-3)27-22(26-19)17-5-4-8-25-13-17/h4-5,8,12-13,15-16,18H,6-7,9-11,14H2,1-3H3,(H,24,26,27)/t18-/m1/s1. The van der Waals surface area contributed by atoms with E-state index < -0.39 is 0 Å². The van der Waals surface area contributed by atoms with Crippen molar-refractivity contribution >= 4 is 17.6 Å². The summed E-state index contributed by atoms with van der Waals surface area (Å²) in [6.07, 6.45) is 5.54. The quantitative estimate of drug-likeness (QED) is 0.796. The van der Waals surface area contributed by atoms with Crippen molar-refractivity contribution in [3.8, 4) is 11.4 Å². The maximum atomic E-state index is 13.0. The normalized spacial score (nSPS) is 19.9. The van der Waals surface area contributed by atoms with Crippen LogP contribution in [0.1, 0.15) is 44.7 Å². The maximum absolute atomic E-state index is 13.0. The molecule has 8 nitrogen and oxygen atoms in total. The van der Waals surface area contributed by atoms with E-state index in [-0.39, 0.29) is 29.7 Å². The first-order valence-corrected chi connectivity index (χ1v) is 11.0. The fourth-order valence-electron chi connectivity index (χ4n) is 4.48. The second kappa shape index (κ2) is 8.99. The fourth-order valence-corrected chi connectivity index (χ4v) is 4.48. The number of likely N-dealkylation sites (tertiary alicyclic amines) is 2. The van der Waals surface area contributed by atoms with Crippen LogP contribution in [0.3, 0.4) is 0 Å². The highest BCUT2D eigenvalue weighted by Gasteiger charge is 2.38. The Kier molecular flexibility index (Phi) is 6.15. The fraction of sp³-hybridized carbons (Fsp3) is 0.522. The molecule has 2 amide bonds. The molecule has 31 heavy (non-hydrogen) atoms. The van der Waals surface area contributed by atoms with Crippen molar-refractivity contribution in [1.29, 1.82) is 0 Å². The predicted octanol–water partition coefficient (Wildman–Crippen LogP) is 2.54. The van der Waals surface area contributed by atoms with Crippen LogP contribution in [0, 0.1) is 5.92 Å². The van der Waals surface area contributed by atoms with Crippen LogP contribution in [0.15, 0.2) is 30.6 Å². The van der Waals surface area contributed by atoms with Gasteiger partial charge in [0, 0.05) is 74.8 Å². The van der Waals surface area contributed by atoms with E-state index in [2.05, 4.69) is 15.3 Å². The number of carbonyl (C=O) groups excluding carboxylic acids is 2. The van der Waals surface area contributed by atoms with Crippen LogP contribution in [0.25, 0.3) is 11.4 Å². The number of pyridine rings is 1. The number of anilines is 1. The number of hydrogen-bond donors (Lipinski definition) is 1. The summed E-state index contributed by atoms with van der Waals surface area (Å²) in [6.45, 7) is 5.92. The van der Waals surface area contributed by atoms with Gasteiger partial charge < -0.3 is 15.1 Å². The van der Waals surface area contributed by atoms with Crippen LogP contribution in [-0.4, -0.2) is 69.3 Å². The van der Waals surface area contributed by atoms with Crippen LogP contribution < -0.4 is 5.32 Å². The third-order valence-corrected chi connectivity index (χ3v) is 6.28. The van der Waals surface area contributed by atoms with E-state index in [0.29, 0.717) is 31.9 Å². The van der Waals surface area contributed by atoms with Gasteiger partial charge in [0.25, 0.3) is 0 Å². The number of amides is 2. The summed E-state index contributed by atoms with van der Waals surface area (Å²) in [7, 11) is 1.85. The summed E-state index contributed by atoms with van der Waals surface area (Å²) in [5, 5.41) is 3.13. The molecule has 0 unspecified atom stereocenters. The number of nitrogens with one attached hydrogen (secondary N) is 1. The summed E-state index contributed by atoms with van der Waals surface area (Å²) in [6, 6.07) is 5.97. The van der Waals surface area contributed by atoms with Crippen LogP contribution in [0.2, 0.25) is 0 Å². The van der Waals surface area contributed by atoms with Gasteiger partial charge in [-0.2, -0.15) is 0 Å². The molecular formula is C23H30N6O2. The largest absolute Gasteiger partial charge is 0.373 e. The third-order valence-electron chi connectivity index (χ3n) is 6.28. The van der Waals surface area contributed by atoms with E-state index in [1.54, 1.807) is 12.4 Å². The van der Waals surface area contributed by atoms with Crippen LogP contribution in [0.4, 0.5) is 5.82 Å². The van der Waals surface area contributed by atoms with Crippen molar-refractivity contribution in [1.82, 2.24) is 24.8 Å². The van der Waals surface area contributed by atoms with Gasteiger partial charge in [-0.05, 0) is 38.8 Å². The van der Waals surface area contributed by atoms with Gasteiger partial charge in [0.2, 0.25) is 11.8 Å². The van der Waals surface area contributed by atoms with E-state index in [1.165, 1.54) is 0 Å². The molecule has 4 rings (SSSR count). The Balaban J connectivity index is 1.43. The molecule has 0 saturated carbocycles. The Morgan fingerprint density at radius 2 is 2.00 bits per heavy atom. The first kappa shape index (κ1) is 21.2. The second-order valence-corrected chi connectivity index (χ2v) is 8.63. The van der Waals surface area contributed by atoms with Crippen molar-refractivity contribution in [2.24, 2.45) is 5.92 Å². The minimum Gasteiger partial charge on any atom is -0.373 e. The molecule has 2 fully saturated rings. The number of carbonyl (C=O) groups is 2. The maximum Gasteiger partial charge on any atom is 0.227 e. The Hall–Kier alpha value is -3.03. The number of nitrogens with zero attached hydrogens (tertiary/aromatic N) is 5. The number of aromatic nitrogens is 3. The Morgan fingerprint density at radius 3 is 2.61 bits per heavy atom. The first-order chi connectivity index (χ1) is 15.0. The molecule has 2 aliphatic heterocycles. The van der Waals surface area contributed by atoms with Crippen molar-refractivity contribution in [3.63, 3.8) is 0 Å². The lowest BCUT2D eigenvalue weighted by molar-refractivity contribution is -0.136. The topological polar surface area (TPSA) is 91.3 Å². The van der Waals surface area contributed by atoms with Gasteiger partial charge in [-0.3, -0.25) is 14.6 Å². The molecule has 2 saturated heterocycles. The van der Waals surface area contributed by atoms with Gasteiger partial charge >= 0.3 is 0 Å². The molecule has 0 radical (unpaired) electrons. The van der Waals surface area contributed by atoms with Gasteiger partial charge in [0.1, 0.15) is 5.82 Å². The van der Waals surface area contributed by atoms with Gasteiger partial charge in [0.15, 0.2) is 5.82 Å². The molecule has 2 aliphatic rings. The summed E-state index contributed by atoms with van der Waals surface area (Å²) in [5.74, 6) is 1.70. The van der Waals surface area contributed by atoms with Gasteiger partial charge in [-0.15, -0.1) is 0 Å². The highest BCUT2D eigenvalue weighted by atomic mass is 16.2. The van der Waals surface area contributed by atoms with E-state index >= 15 is 0 Å². The van der Waals surface area contributed by atoms with Gasteiger partial charge in [0.05, 0.1) is 5.92 Å². The minimum absolute atomic E-state index is 0.0896. The van der Waals surface area contributed by atoms with Crippen molar-refractivity contribution in [2.75, 3.05) is 32.0 Å². The zero-order chi connectivity index (χ0) is 22.0. The summed E-state index contributed by atoms with van der Waals surface area (Å²) < 4.78 is 0. The first-order valence-electron chi connectivity index (χ1n) is 11.0. The van der Waals surface area contributed by atoms with Crippen LogP contribution >= 0.6 is 0 Å². The molecule has 2 aromatic heterocycles. The van der Waals surface area contributed by atoms with E-state index in [1.807, 2.05) is 48.9 Å². The Bertz CT molecular complexity index is 940. The molecule has 8 heteroatoms. The molecule has 164 valence electrons. The number of piperidine rings is 1. The zero-order valence-corrected chi connectivity index (χ0v) is 18.4. The monoisotopic (exact) mass is 422 g/mol. The van der Waals surface area contributed by atoms with E-state index in [4.69, 9.17) is 4.98 Å². The van der Waals surface area contributed by atoms with Gasteiger partial charge in [-0.25, -0.2) is 9.97 Å². The molecule has 0 aromatic carbocycles. The van der Waals surface area contributed by atoms with E-state index in [9.17, 15) is 9.59 Å². The molecule has 4 heterocycles. The molecule has 2 aromatic rings. The smallest absolute Gasteiger partial charge is 0.227 e. The summed E-state index contributed by atoms with van der Waals surface area (Å²) in [4.78, 5) is 42.5. The lowest BCUT2D eigenvalue weighted by Crippen LogP contribution is -2.42. The van der Waals surface area contributed by atoms with Crippen LogP contribution in [0.5, 0.6) is 0 Å². The third kappa shape index (κ3) is 4.52. The molecule has 0 bridgehead atoms. The van der Waals surface area contributed by atoms with Crippen LogP contribution in [-0.2, 0) is 9.59 Å². The second-order valence-electron chi connectivity index (χ2n) is 8.63. The Morgan fingerprint density at radius 1 is 1.23 bits per heavy atom. The zero-order valence-electron chi connectivity index (χ0n) is 18.4. The van der Waals surface area contributed by atoms with Crippen molar-refractivity contribution < 1.29 is 9.59 Å². The van der Waals surface area contributed by atoms with Crippen molar-refractivity contribution in [2.45, 2.75) is 45.1 Å². The molecule has 1 N–H and O–H groups in total. The highest BCUT2D eigenvalue weighted by molar-refractivity contribution is 5.89. The molecular weight excluding hydrogens is 392 g/mol. The minimum atomic E-state index is -0.210. The SMILES string of the molecule is CNc1cc(C2CCN(C(=O)[C@@H]3CC(=O)N(C(C)C)C3)CC2)nc(-c2cccnc2)n1. The molecule has 1 atom stereocenters. The average Bonchev–Trinajstić information content (AvgIpc) is 3.21. The van der Waals surface area contributed by atoms with E-state index in [0.717, 1.165) is 29.9 Å². The predicted molar refractivity (Wildman–Crippen MR) is 118 cm³/mol. The average molecular weight is 423 g/mol. The lowest BCUT2D eigenvalue weighted by atomic mass is 9.92. The lowest BCUT2D eigenvalue weighted by Gasteiger charge is -2.33. The molecule has 0 aliphatic carbocycles. The number of rotatable bonds is 5. The molecule has 0 spiro atoms. The van der Waals surface area contributed by atoms with Gasteiger partial charge in [-0.1, -0.05) is 0 Å². The Labute approximate surface area is 183 Å². The highest BCUT2D eigenvalue weighted by Crippen LogP contribution is 2.31. The van der Waals surface area contributed by atoms with Crippen molar-refractivity contribution in [3.05, 3.63) is 36.3 Å². The summed E-state index contributed by atoms with van der Waals surface area (Å²) >= 11 is 0. The summed E-state index contributed by atoms with van der Waals surface area (Å²) in [5.41, 5.74) is 1.88. The number of hydrogen-bond acceptors (Lipinski definition) is 6.